The van der Waals surface area contributed by atoms with E-state index in [-0.39, 0.29) is 5.41 Å². The summed E-state index contributed by atoms with van der Waals surface area (Å²) in [5, 5.41) is 0. The van der Waals surface area contributed by atoms with Gasteiger partial charge in [0.25, 0.3) is 0 Å². The highest BCUT2D eigenvalue weighted by molar-refractivity contribution is 5.90. The molecule has 0 atom stereocenters. The Kier molecular flexibility index (Phi) is 5.91. The lowest BCUT2D eigenvalue weighted by Crippen LogP contribution is -2.17. The van der Waals surface area contributed by atoms with Crippen molar-refractivity contribution in [2.24, 2.45) is 0 Å². The fourth-order valence-electron chi connectivity index (χ4n) is 7.54. The van der Waals surface area contributed by atoms with Gasteiger partial charge in [0.2, 0.25) is 0 Å². The molecule has 7 aromatic rings. The van der Waals surface area contributed by atoms with Crippen LogP contribution in [0.1, 0.15) is 36.1 Å². The van der Waals surface area contributed by atoms with E-state index in [1.54, 1.807) is 0 Å². The van der Waals surface area contributed by atoms with Gasteiger partial charge < -0.3 is 0 Å². The molecule has 0 saturated heterocycles. The van der Waals surface area contributed by atoms with Gasteiger partial charge in [-0.3, -0.25) is 0 Å². The van der Waals surface area contributed by atoms with E-state index in [0.717, 1.165) is 23.1 Å². The average Bonchev–Trinajstić information content (AvgIpc) is 3.60. The van der Waals surface area contributed by atoms with Crippen molar-refractivity contribution in [1.82, 2.24) is 15.0 Å². The third-order valence-corrected chi connectivity index (χ3v) is 9.77. The van der Waals surface area contributed by atoms with E-state index in [0.29, 0.717) is 17.5 Å². The number of hydrogen-bond acceptors (Lipinski definition) is 3. The van der Waals surface area contributed by atoms with E-state index >= 15 is 0 Å². The maximum absolute atomic E-state index is 4.90. The lowest BCUT2D eigenvalue weighted by atomic mass is 9.79. The lowest BCUT2D eigenvalue weighted by molar-refractivity contribution is 0.654. The zero-order valence-corrected chi connectivity index (χ0v) is 25.8. The van der Waals surface area contributed by atoms with Crippen molar-refractivity contribution in [3.8, 4) is 67.5 Å². The van der Waals surface area contributed by atoms with Gasteiger partial charge >= 0.3 is 0 Å². The Labute approximate surface area is 269 Å². The van der Waals surface area contributed by atoms with Crippen molar-refractivity contribution < 1.29 is 0 Å². The minimum absolute atomic E-state index is 0.00619. The zero-order valence-electron chi connectivity index (χ0n) is 25.8. The molecular weight excluding hydrogens is 558 g/mol. The summed E-state index contributed by atoms with van der Waals surface area (Å²) in [5.74, 6) is 2.01. The molecule has 0 fully saturated rings. The van der Waals surface area contributed by atoms with Crippen molar-refractivity contribution in [2.45, 2.75) is 25.7 Å². The minimum atomic E-state index is -0.00619. The molecule has 2 aliphatic rings. The molecule has 1 aromatic heterocycles. The van der Waals surface area contributed by atoms with Crippen LogP contribution in [0.3, 0.4) is 0 Å². The molecule has 3 heteroatoms. The van der Waals surface area contributed by atoms with Crippen LogP contribution in [-0.4, -0.2) is 15.0 Å². The molecule has 0 bridgehead atoms. The molecule has 0 aliphatic heterocycles. The van der Waals surface area contributed by atoms with Crippen LogP contribution in [-0.2, 0) is 11.8 Å². The summed E-state index contributed by atoms with van der Waals surface area (Å²) in [4.78, 5) is 14.6. The highest BCUT2D eigenvalue weighted by atomic mass is 15.0. The number of fused-ring (bicyclic) bond motifs is 7. The maximum atomic E-state index is 4.90. The van der Waals surface area contributed by atoms with Gasteiger partial charge in [-0.05, 0) is 62.1 Å². The molecule has 6 aromatic carbocycles. The average molecular weight is 590 g/mol. The van der Waals surface area contributed by atoms with Gasteiger partial charge in [0.05, 0.1) is 0 Å². The molecule has 0 radical (unpaired) electrons. The van der Waals surface area contributed by atoms with Crippen LogP contribution < -0.4 is 0 Å². The second-order valence-electron chi connectivity index (χ2n) is 12.8. The second-order valence-corrected chi connectivity index (χ2v) is 12.8. The van der Waals surface area contributed by atoms with E-state index in [2.05, 4.69) is 92.7 Å². The number of nitrogens with zero attached hydrogens (tertiary/aromatic N) is 3. The molecule has 0 saturated carbocycles. The molecule has 0 amide bonds. The molecule has 2 aliphatic carbocycles. The number of rotatable bonds is 4. The smallest absolute Gasteiger partial charge is 0.164 e. The van der Waals surface area contributed by atoms with Crippen molar-refractivity contribution in [3.05, 3.63) is 162 Å². The van der Waals surface area contributed by atoms with Gasteiger partial charge in [0.15, 0.2) is 17.5 Å². The Bertz CT molecular complexity index is 2230. The van der Waals surface area contributed by atoms with Gasteiger partial charge in [0, 0.05) is 22.1 Å². The summed E-state index contributed by atoms with van der Waals surface area (Å²) in [6, 6.07) is 49.4. The summed E-state index contributed by atoms with van der Waals surface area (Å²) in [6.45, 7) is 4.76. The molecule has 1 heterocycles. The predicted octanol–water partition coefficient (Wildman–Crippen LogP) is 10.4. The van der Waals surface area contributed by atoms with Crippen molar-refractivity contribution in [3.63, 3.8) is 0 Å². The fourth-order valence-corrected chi connectivity index (χ4v) is 7.54. The topological polar surface area (TPSA) is 38.7 Å². The van der Waals surface area contributed by atoms with Gasteiger partial charge in [-0.25, -0.2) is 15.0 Å². The van der Waals surface area contributed by atoms with Crippen LogP contribution in [0.15, 0.2) is 140 Å². The number of aromatic nitrogens is 3. The largest absolute Gasteiger partial charge is 0.208 e. The number of benzene rings is 6. The lowest BCUT2D eigenvalue weighted by Gasteiger charge is -2.24. The summed E-state index contributed by atoms with van der Waals surface area (Å²) < 4.78 is 0. The SMILES string of the molecule is CC1(C)c2ccccc2-c2ccc3c(c21)Cc1cc(-c2ccc(-c4nc(-c5ccccc5)nc(-c5ccccc5)n4)cc2)ccc1-3. The summed E-state index contributed by atoms with van der Waals surface area (Å²) >= 11 is 0. The van der Waals surface area contributed by atoms with Crippen LogP contribution in [0.25, 0.3) is 67.5 Å². The molecule has 9 rings (SSSR count). The van der Waals surface area contributed by atoms with E-state index < -0.39 is 0 Å². The summed E-state index contributed by atoms with van der Waals surface area (Å²) in [6.07, 6.45) is 0.965. The standard InChI is InChI=1S/C43H31N3/c1-43(2)38-16-10-9-15-35(38)36-24-23-34-33-22-21-31(25-32(33)26-37(34)39(36)43)27-17-19-30(20-18-27)42-45-40(28-11-5-3-6-12-28)44-41(46-42)29-13-7-4-8-14-29/h3-25H,26H2,1-2H3. The van der Waals surface area contributed by atoms with E-state index in [1.165, 1.54) is 55.6 Å². The summed E-state index contributed by atoms with van der Waals surface area (Å²) in [5.41, 5.74) is 16.6. The second kappa shape index (κ2) is 10.2. The molecule has 0 unspecified atom stereocenters. The first-order chi connectivity index (χ1) is 22.5. The first-order valence-electron chi connectivity index (χ1n) is 15.9. The van der Waals surface area contributed by atoms with Crippen LogP contribution in [0.4, 0.5) is 0 Å². The fraction of sp³-hybridized carbons (Fsp3) is 0.0930. The van der Waals surface area contributed by atoms with Crippen molar-refractivity contribution >= 4 is 0 Å². The van der Waals surface area contributed by atoms with Crippen LogP contribution >= 0.6 is 0 Å². The predicted molar refractivity (Wildman–Crippen MR) is 187 cm³/mol. The molecular formula is C43H31N3. The first kappa shape index (κ1) is 26.7. The molecule has 3 nitrogen and oxygen atoms in total. The first-order valence-corrected chi connectivity index (χ1v) is 15.9. The monoisotopic (exact) mass is 589 g/mol. The van der Waals surface area contributed by atoms with Crippen LogP contribution in [0, 0.1) is 0 Å². The Balaban J connectivity index is 1.06. The molecule has 218 valence electrons. The Hall–Kier alpha value is -5.67. The Morgan fingerprint density at radius 2 is 0.935 bits per heavy atom. The van der Waals surface area contributed by atoms with E-state index in [9.17, 15) is 0 Å². The molecule has 0 N–H and O–H groups in total. The van der Waals surface area contributed by atoms with Gasteiger partial charge in [0.1, 0.15) is 0 Å². The zero-order chi connectivity index (χ0) is 30.8. The highest BCUT2D eigenvalue weighted by Crippen LogP contribution is 2.54. The molecule has 46 heavy (non-hydrogen) atoms. The maximum Gasteiger partial charge on any atom is 0.164 e. The van der Waals surface area contributed by atoms with Gasteiger partial charge in [-0.15, -0.1) is 0 Å². The van der Waals surface area contributed by atoms with E-state index in [1.807, 2.05) is 60.7 Å². The van der Waals surface area contributed by atoms with Crippen molar-refractivity contribution in [1.29, 1.82) is 0 Å². The van der Waals surface area contributed by atoms with Crippen LogP contribution in [0.5, 0.6) is 0 Å². The third-order valence-electron chi connectivity index (χ3n) is 9.77. The van der Waals surface area contributed by atoms with Gasteiger partial charge in [-0.1, -0.05) is 153 Å². The normalized spacial score (nSPS) is 13.5. The third kappa shape index (κ3) is 4.16. The molecule has 0 spiro atoms. The Morgan fingerprint density at radius 1 is 0.435 bits per heavy atom. The van der Waals surface area contributed by atoms with Crippen LogP contribution in [0.2, 0.25) is 0 Å². The minimum Gasteiger partial charge on any atom is -0.208 e. The van der Waals surface area contributed by atoms with E-state index in [4.69, 9.17) is 15.0 Å². The highest BCUT2D eigenvalue weighted by Gasteiger charge is 2.39. The van der Waals surface area contributed by atoms with Gasteiger partial charge in [-0.2, -0.15) is 0 Å². The van der Waals surface area contributed by atoms with Crippen molar-refractivity contribution in [2.75, 3.05) is 0 Å². The Morgan fingerprint density at radius 3 is 1.59 bits per heavy atom. The number of hydrogen-bond donors (Lipinski definition) is 0. The summed E-state index contributed by atoms with van der Waals surface area (Å²) in [7, 11) is 0. The quantitative estimate of drug-likeness (QED) is 0.205.